The van der Waals surface area contributed by atoms with Gasteiger partial charge in [-0.15, -0.1) is 0 Å². The largest absolute Gasteiger partial charge is 0.451 e. The molecule has 0 bridgehead atoms. The molecule has 2 unspecified atom stereocenters. The van der Waals surface area contributed by atoms with Crippen LogP contribution in [-0.2, 0) is 0 Å². The number of carbonyl (C=O) groups excluding carboxylic acids is 1. The van der Waals surface area contributed by atoms with E-state index in [-0.39, 0.29) is 36.1 Å². The molecule has 0 saturated carbocycles. The summed E-state index contributed by atoms with van der Waals surface area (Å²) in [5.41, 5.74) is 0.339. The zero-order valence-corrected chi connectivity index (χ0v) is 13.0. The molecular weight excluding hydrogens is 297 g/mol. The van der Waals surface area contributed by atoms with Gasteiger partial charge in [-0.05, 0) is 49.9 Å². The maximum absolute atomic E-state index is 13.8. The number of piperidine rings is 1. The summed E-state index contributed by atoms with van der Waals surface area (Å²) in [4.78, 5) is 14.4. The third-order valence-electron chi connectivity index (χ3n) is 4.45. The highest BCUT2D eigenvalue weighted by atomic mass is 19.1. The van der Waals surface area contributed by atoms with Crippen LogP contribution in [0.1, 0.15) is 30.3 Å². The number of hydrogen-bond acceptors (Lipinski definition) is 3. The van der Waals surface area contributed by atoms with Crippen LogP contribution in [0.4, 0.5) is 4.39 Å². The lowest BCUT2D eigenvalue weighted by atomic mass is 9.94. The van der Waals surface area contributed by atoms with Crippen LogP contribution in [0.3, 0.4) is 0 Å². The molecule has 5 heteroatoms. The van der Waals surface area contributed by atoms with E-state index in [2.05, 4.69) is 0 Å². The minimum atomic E-state index is -0.382. The van der Waals surface area contributed by atoms with Crippen LogP contribution in [0.5, 0.6) is 0 Å². The van der Waals surface area contributed by atoms with Crippen molar-refractivity contribution in [3.05, 3.63) is 48.0 Å². The molecule has 3 rings (SSSR count). The molecule has 0 aliphatic carbocycles. The van der Waals surface area contributed by atoms with Gasteiger partial charge in [-0.1, -0.05) is 12.1 Å². The average Bonchev–Trinajstić information content (AvgIpc) is 3.05. The van der Waals surface area contributed by atoms with Gasteiger partial charge in [0, 0.05) is 19.2 Å². The van der Waals surface area contributed by atoms with E-state index >= 15 is 0 Å². The molecule has 0 radical (unpaired) electrons. The van der Waals surface area contributed by atoms with Crippen LogP contribution in [0.25, 0.3) is 11.3 Å². The highest BCUT2D eigenvalue weighted by Crippen LogP contribution is 2.28. The third-order valence-corrected chi connectivity index (χ3v) is 4.45. The van der Waals surface area contributed by atoms with Crippen molar-refractivity contribution in [3.8, 4) is 11.3 Å². The highest BCUT2D eigenvalue weighted by molar-refractivity contribution is 5.92. The molecule has 1 amide bonds. The summed E-state index contributed by atoms with van der Waals surface area (Å²) in [5.74, 6) is 0.0606. The van der Waals surface area contributed by atoms with Crippen LogP contribution < -0.4 is 0 Å². The fourth-order valence-corrected chi connectivity index (χ4v) is 3.01. The normalized spacial score (nSPS) is 21.4. The van der Waals surface area contributed by atoms with Crippen molar-refractivity contribution in [2.75, 3.05) is 13.2 Å². The van der Waals surface area contributed by atoms with Crippen LogP contribution in [0, 0.1) is 11.7 Å². The molecule has 2 heterocycles. The molecule has 1 aromatic carbocycles. The monoisotopic (exact) mass is 317 g/mol. The minimum Gasteiger partial charge on any atom is -0.451 e. The minimum absolute atomic E-state index is 0.0785. The molecule has 0 spiro atoms. The number of aliphatic hydroxyl groups excluding tert-OH is 1. The molecule has 1 aliphatic heterocycles. The Morgan fingerprint density at radius 2 is 2.09 bits per heavy atom. The first-order chi connectivity index (χ1) is 11.1. The number of aliphatic hydroxyl groups is 1. The Balaban J connectivity index is 1.82. The van der Waals surface area contributed by atoms with E-state index in [1.165, 1.54) is 6.07 Å². The van der Waals surface area contributed by atoms with Crippen LogP contribution >= 0.6 is 0 Å². The Labute approximate surface area is 134 Å². The van der Waals surface area contributed by atoms with Crippen LogP contribution in [0.2, 0.25) is 0 Å². The molecule has 1 aliphatic rings. The fraction of sp³-hybridized carbons (Fsp3) is 0.389. The zero-order valence-electron chi connectivity index (χ0n) is 13.0. The van der Waals surface area contributed by atoms with Crippen molar-refractivity contribution in [1.82, 2.24) is 4.90 Å². The van der Waals surface area contributed by atoms with Gasteiger partial charge >= 0.3 is 0 Å². The number of carbonyl (C=O) groups is 1. The Morgan fingerprint density at radius 1 is 1.30 bits per heavy atom. The summed E-state index contributed by atoms with van der Waals surface area (Å²) in [6, 6.07) is 9.61. The van der Waals surface area contributed by atoms with Gasteiger partial charge in [0.1, 0.15) is 11.6 Å². The first-order valence-electron chi connectivity index (χ1n) is 7.86. The average molecular weight is 317 g/mol. The van der Waals surface area contributed by atoms with Crippen molar-refractivity contribution < 1.29 is 18.7 Å². The van der Waals surface area contributed by atoms with Crippen molar-refractivity contribution in [2.45, 2.75) is 25.8 Å². The van der Waals surface area contributed by atoms with Gasteiger partial charge in [-0.25, -0.2) is 4.39 Å². The summed E-state index contributed by atoms with van der Waals surface area (Å²) < 4.78 is 19.4. The first-order valence-corrected chi connectivity index (χ1v) is 7.86. The topological polar surface area (TPSA) is 53.7 Å². The van der Waals surface area contributed by atoms with Crippen molar-refractivity contribution in [3.63, 3.8) is 0 Å². The van der Waals surface area contributed by atoms with E-state index < -0.39 is 0 Å². The molecule has 1 aromatic heterocycles. The maximum atomic E-state index is 13.8. The van der Waals surface area contributed by atoms with Crippen molar-refractivity contribution in [1.29, 1.82) is 0 Å². The molecule has 1 fully saturated rings. The highest BCUT2D eigenvalue weighted by Gasteiger charge is 2.30. The molecule has 23 heavy (non-hydrogen) atoms. The number of halogens is 1. The number of benzene rings is 1. The van der Waals surface area contributed by atoms with E-state index in [1.807, 2.05) is 6.92 Å². The van der Waals surface area contributed by atoms with Gasteiger partial charge in [0.2, 0.25) is 0 Å². The zero-order chi connectivity index (χ0) is 16.4. The molecule has 1 N–H and O–H groups in total. The summed E-state index contributed by atoms with van der Waals surface area (Å²) in [7, 11) is 0. The Hall–Kier alpha value is -2.14. The third kappa shape index (κ3) is 3.15. The Kier molecular flexibility index (Phi) is 4.48. The van der Waals surface area contributed by atoms with Crippen LogP contribution in [0.15, 0.2) is 40.8 Å². The van der Waals surface area contributed by atoms with Crippen LogP contribution in [-0.4, -0.2) is 35.1 Å². The summed E-state index contributed by atoms with van der Waals surface area (Å²) >= 11 is 0. The van der Waals surface area contributed by atoms with Gasteiger partial charge in [-0.3, -0.25) is 4.79 Å². The van der Waals surface area contributed by atoms with E-state index in [9.17, 15) is 14.3 Å². The predicted molar refractivity (Wildman–Crippen MR) is 84.4 cm³/mol. The lowest BCUT2D eigenvalue weighted by Gasteiger charge is -2.36. The van der Waals surface area contributed by atoms with Gasteiger partial charge < -0.3 is 14.4 Å². The van der Waals surface area contributed by atoms with Gasteiger partial charge in [0.15, 0.2) is 5.76 Å². The second-order valence-corrected chi connectivity index (χ2v) is 6.08. The molecule has 2 aromatic rings. The molecule has 4 nitrogen and oxygen atoms in total. The Bertz CT molecular complexity index is 697. The number of amides is 1. The van der Waals surface area contributed by atoms with Crippen molar-refractivity contribution in [2.24, 2.45) is 5.92 Å². The second-order valence-electron chi connectivity index (χ2n) is 6.08. The van der Waals surface area contributed by atoms with Gasteiger partial charge in [-0.2, -0.15) is 0 Å². The van der Waals surface area contributed by atoms with Gasteiger partial charge in [0.05, 0.1) is 5.56 Å². The standard InChI is InChI=1S/C18H20FNO3/c1-12-6-7-13(11-21)10-20(12)18(22)17-9-8-16(23-17)14-4-2-3-5-15(14)19/h2-5,8-9,12-13,21H,6-7,10-11H2,1H3. The van der Waals surface area contributed by atoms with E-state index in [0.717, 1.165) is 12.8 Å². The number of nitrogens with zero attached hydrogens (tertiary/aromatic N) is 1. The molecular formula is C18H20FNO3. The number of furan rings is 1. The molecule has 122 valence electrons. The summed E-state index contributed by atoms with van der Waals surface area (Å²) in [6.45, 7) is 2.59. The summed E-state index contributed by atoms with van der Waals surface area (Å²) in [5, 5.41) is 9.33. The van der Waals surface area contributed by atoms with E-state index in [4.69, 9.17) is 4.42 Å². The lowest BCUT2D eigenvalue weighted by Crippen LogP contribution is -2.46. The quantitative estimate of drug-likeness (QED) is 0.945. The SMILES string of the molecule is CC1CCC(CO)CN1C(=O)c1ccc(-c2ccccc2F)o1. The number of likely N-dealkylation sites (tertiary alicyclic amines) is 1. The van der Waals surface area contributed by atoms with Gasteiger partial charge in [0.25, 0.3) is 5.91 Å². The number of rotatable bonds is 3. The fourth-order valence-electron chi connectivity index (χ4n) is 3.01. The summed E-state index contributed by atoms with van der Waals surface area (Å²) in [6.07, 6.45) is 1.78. The first kappa shape index (κ1) is 15.7. The lowest BCUT2D eigenvalue weighted by molar-refractivity contribution is 0.0460. The smallest absolute Gasteiger partial charge is 0.289 e. The maximum Gasteiger partial charge on any atom is 0.289 e. The molecule has 2 atom stereocenters. The van der Waals surface area contributed by atoms with E-state index in [0.29, 0.717) is 17.9 Å². The molecule has 1 saturated heterocycles. The number of hydrogen-bond donors (Lipinski definition) is 1. The Morgan fingerprint density at radius 3 is 2.83 bits per heavy atom. The second kappa shape index (κ2) is 6.54. The van der Waals surface area contributed by atoms with E-state index in [1.54, 1.807) is 35.2 Å². The predicted octanol–water partition coefficient (Wildman–Crippen LogP) is 3.32. The van der Waals surface area contributed by atoms with Crippen molar-refractivity contribution >= 4 is 5.91 Å².